The lowest BCUT2D eigenvalue weighted by molar-refractivity contribution is -0.387. The van der Waals surface area contributed by atoms with Crippen LogP contribution in [0, 0.1) is 10.1 Å². The number of hydrogen-bond donors (Lipinski definition) is 0. The Bertz CT molecular complexity index is 852. The Kier molecular flexibility index (Phi) is 4.22. The van der Waals surface area contributed by atoms with Gasteiger partial charge in [0.1, 0.15) is 10.5 Å². The van der Waals surface area contributed by atoms with Crippen LogP contribution < -0.4 is 0 Å². The zero-order chi connectivity index (χ0) is 15.5. The summed E-state index contributed by atoms with van der Waals surface area (Å²) in [7, 11) is 0. The fraction of sp³-hybridized carbons (Fsp3) is 0.0625. The Morgan fingerprint density at radius 1 is 1.18 bits per heavy atom. The average Bonchev–Trinajstić information content (AvgIpc) is 2.91. The number of thiophene rings is 1. The molecule has 6 heteroatoms. The molecule has 3 rings (SSSR count). The van der Waals surface area contributed by atoms with Crippen LogP contribution in [0.4, 0.5) is 5.69 Å². The minimum atomic E-state index is -0.391. The Balaban J connectivity index is 2.04. The van der Waals surface area contributed by atoms with E-state index in [1.807, 2.05) is 42.5 Å². The summed E-state index contributed by atoms with van der Waals surface area (Å²) in [5.74, 6) is 0. The quantitative estimate of drug-likeness (QED) is 0.387. The number of nitrogens with zero attached hydrogens (tertiary/aromatic N) is 1. The number of benzene rings is 2. The van der Waals surface area contributed by atoms with Crippen molar-refractivity contribution in [3.63, 3.8) is 0 Å². The van der Waals surface area contributed by atoms with Crippen LogP contribution in [0.3, 0.4) is 0 Å². The standard InChI is InChI=1S/C16H11NO3S2/c18-9-8-12-10-14(17(19)20)16(21-12)22-15-7-3-5-11-4-1-2-6-13(11)15/h1-7,9-10H,8H2. The molecule has 0 bridgehead atoms. The summed E-state index contributed by atoms with van der Waals surface area (Å²) in [5, 5.41) is 13.4. The number of fused-ring (bicyclic) bond motifs is 1. The first-order chi connectivity index (χ1) is 10.7. The van der Waals surface area contributed by atoms with E-state index in [1.165, 1.54) is 29.2 Å². The maximum Gasteiger partial charge on any atom is 0.294 e. The Morgan fingerprint density at radius 3 is 2.73 bits per heavy atom. The molecule has 0 saturated carbocycles. The van der Waals surface area contributed by atoms with E-state index in [9.17, 15) is 14.9 Å². The summed E-state index contributed by atoms with van der Waals surface area (Å²) in [6, 6.07) is 15.3. The molecule has 1 aromatic heterocycles. The molecule has 0 aliphatic rings. The Hall–Kier alpha value is -2.18. The molecule has 0 saturated heterocycles. The van der Waals surface area contributed by atoms with Gasteiger partial charge in [-0.2, -0.15) is 0 Å². The number of nitro groups is 1. The SMILES string of the molecule is O=CCc1cc([N+](=O)[O-])c(Sc2cccc3ccccc23)s1. The highest BCUT2D eigenvalue weighted by Gasteiger charge is 2.20. The monoisotopic (exact) mass is 329 g/mol. The second kappa shape index (κ2) is 6.29. The molecule has 22 heavy (non-hydrogen) atoms. The van der Waals surface area contributed by atoms with E-state index in [4.69, 9.17) is 0 Å². The summed E-state index contributed by atoms with van der Waals surface area (Å²) < 4.78 is 0.609. The number of hydrogen-bond acceptors (Lipinski definition) is 5. The summed E-state index contributed by atoms with van der Waals surface area (Å²) in [4.78, 5) is 23.1. The number of aldehydes is 1. The van der Waals surface area contributed by atoms with Gasteiger partial charge in [-0.05, 0) is 16.8 Å². The second-order valence-electron chi connectivity index (χ2n) is 4.59. The number of carbonyl (C=O) groups is 1. The molecule has 0 aliphatic carbocycles. The molecule has 0 unspecified atom stereocenters. The van der Waals surface area contributed by atoms with Crippen molar-refractivity contribution in [1.29, 1.82) is 0 Å². The minimum absolute atomic E-state index is 0.0692. The summed E-state index contributed by atoms with van der Waals surface area (Å²) in [6.45, 7) is 0. The molecule has 2 aromatic carbocycles. The molecular weight excluding hydrogens is 318 g/mol. The molecule has 0 atom stereocenters. The summed E-state index contributed by atoms with van der Waals surface area (Å²) in [6.07, 6.45) is 0.976. The van der Waals surface area contributed by atoms with Crippen molar-refractivity contribution in [2.24, 2.45) is 0 Å². The highest BCUT2D eigenvalue weighted by molar-refractivity contribution is 8.01. The van der Waals surface area contributed by atoms with E-state index in [-0.39, 0.29) is 12.1 Å². The summed E-state index contributed by atoms with van der Waals surface area (Å²) >= 11 is 2.69. The van der Waals surface area contributed by atoms with Gasteiger partial charge < -0.3 is 4.79 Å². The van der Waals surface area contributed by atoms with Gasteiger partial charge in [-0.1, -0.05) is 48.2 Å². The van der Waals surface area contributed by atoms with Gasteiger partial charge in [0.2, 0.25) is 0 Å². The third-order valence-electron chi connectivity index (χ3n) is 3.16. The molecule has 0 N–H and O–H groups in total. The smallest absolute Gasteiger partial charge is 0.294 e. The Morgan fingerprint density at radius 2 is 1.95 bits per heavy atom. The normalized spacial score (nSPS) is 10.7. The van der Waals surface area contributed by atoms with Crippen LogP contribution in [0.2, 0.25) is 0 Å². The lowest BCUT2D eigenvalue weighted by Gasteiger charge is -2.04. The van der Waals surface area contributed by atoms with Crippen molar-refractivity contribution in [3.05, 3.63) is 63.5 Å². The fourth-order valence-corrected chi connectivity index (χ4v) is 4.62. The van der Waals surface area contributed by atoms with E-state index in [1.54, 1.807) is 0 Å². The molecule has 0 aliphatic heterocycles. The molecule has 0 radical (unpaired) electrons. The van der Waals surface area contributed by atoms with Crippen LogP contribution in [0.25, 0.3) is 10.8 Å². The molecule has 1 heterocycles. The highest BCUT2D eigenvalue weighted by atomic mass is 32.2. The molecule has 110 valence electrons. The van der Waals surface area contributed by atoms with Gasteiger partial charge in [-0.3, -0.25) is 10.1 Å². The molecular formula is C16H11NO3S2. The first kappa shape index (κ1) is 14.7. The van der Waals surface area contributed by atoms with E-state index >= 15 is 0 Å². The average molecular weight is 329 g/mol. The van der Waals surface area contributed by atoms with Gasteiger partial charge in [-0.25, -0.2) is 0 Å². The third-order valence-corrected chi connectivity index (χ3v) is 5.58. The molecule has 0 amide bonds. The van der Waals surface area contributed by atoms with Gasteiger partial charge in [0, 0.05) is 22.3 Å². The Labute approximate surface area is 134 Å². The van der Waals surface area contributed by atoms with Crippen molar-refractivity contribution in [1.82, 2.24) is 0 Å². The van der Waals surface area contributed by atoms with Crippen LogP contribution in [0.5, 0.6) is 0 Å². The minimum Gasteiger partial charge on any atom is -0.303 e. The van der Waals surface area contributed by atoms with Crippen LogP contribution in [-0.4, -0.2) is 11.2 Å². The van der Waals surface area contributed by atoms with Gasteiger partial charge >= 0.3 is 0 Å². The zero-order valence-electron chi connectivity index (χ0n) is 11.4. The van der Waals surface area contributed by atoms with Crippen molar-refractivity contribution in [3.8, 4) is 0 Å². The summed E-state index contributed by atoms with van der Waals surface area (Å²) in [5.41, 5.74) is 0.0692. The first-order valence-electron chi connectivity index (χ1n) is 6.55. The predicted octanol–water partition coefficient (Wildman–Crippen LogP) is 4.70. The van der Waals surface area contributed by atoms with E-state index in [0.717, 1.165) is 22.0 Å². The van der Waals surface area contributed by atoms with Crippen molar-refractivity contribution < 1.29 is 9.72 Å². The van der Waals surface area contributed by atoms with Crippen molar-refractivity contribution >= 4 is 45.8 Å². The van der Waals surface area contributed by atoms with Crippen LogP contribution in [-0.2, 0) is 11.2 Å². The maximum absolute atomic E-state index is 11.2. The maximum atomic E-state index is 11.2. The van der Waals surface area contributed by atoms with Crippen LogP contribution in [0.1, 0.15) is 4.88 Å². The third kappa shape index (κ3) is 2.88. The van der Waals surface area contributed by atoms with Crippen LogP contribution >= 0.6 is 23.1 Å². The van der Waals surface area contributed by atoms with Gasteiger partial charge in [0.15, 0.2) is 0 Å². The van der Waals surface area contributed by atoms with Crippen molar-refractivity contribution in [2.45, 2.75) is 15.5 Å². The molecule has 0 fully saturated rings. The molecule has 4 nitrogen and oxygen atoms in total. The van der Waals surface area contributed by atoms with Gasteiger partial charge in [0.05, 0.1) is 4.92 Å². The van der Waals surface area contributed by atoms with E-state index < -0.39 is 4.92 Å². The fourth-order valence-electron chi connectivity index (χ4n) is 2.18. The topological polar surface area (TPSA) is 60.2 Å². The highest BCUT2D eigenvalue weighted by Crippen LogP contribution is 2.43. The van der Waals surface area contributed by atoms with Gasteiger partial charge in [0.25, 0.3) is 5.69 Å². The lowest BCUT2D eigenvalue weighted by atomic mass is 10.1. The number of carbonyl (C=O) groups excluding carboxylic acids is 1. The number of rotatable bonds is 5. The van der Waals surface area contributed by atoms with Crippen LogP contribution in [0.15, 0.2) is 57.6 Å². The lowest BCUT2D eigenvalue weighted by Crippen LogP contribution is -1.86. The second-order valence-corrected chi connectivity index (χ2v) is 7.04. The molecule has 0 spiro atoms. The predicted molar refractivity (Wildman–Crippen MR) is 88.8 cm³/mol. The zero-order valence-corrected chi connectivity index (χ0v) is 13.0. The largest absolute Gasteiger partial charge is 0.303 e. The first-order valence-corrected chi connectivity index (χ1v) is 8.18. The molecule has 3 aromatic rings. The van der Waals surface area contributed by atoms with E-state index in [2.05, 4.69) is 0 Å². The van der Waals surface area contributed by atoms with Gasteiger partial charge in [-0.15, -0.1) is 11.3 Å². The van der Waals surface area contributed by atoms with Crippen molar-refractivity contribution in [2.75, 3.05) is 0 Å². The van der Waals surface area contributed by atoms with E-state index in [0.29, 0.717) is 9.09 Å².